The average Bonchev–Trinajstić information content (AvgIpc) is 2.91. The number of benzene rings is 3. The summed E-state index contributed by atoms with van der Waals surface area (Å²) in [6, 6.07) is 24.7. The average molecular weight is 528 g/mol. The molecule has 0 aromatic heterocycles. The van der Waals surface area contributed by atoms with E-state index in [9.17, 15) is 4.79 Å². The molecule has 0 saturated carbocycles. The Bertz CT molecular complexity index is 1070. The van der Waals surface area contributed by atoms with Crippen LogP contribution in [-0.4, -0.2) is 41.4 Å². The second-order valence-corrected chi connectivity index (χ2v) is 9.83. The summed E-state index contributed by atoms with van der Waals surface area (Å²) in [7, 11) is 0. The quantitative estimate of drug-likeness (QED) is 0.212. The van der Waals surface area contributed by atoms with Crippen LogP contribution in [0.25, 0.3) is 0 Å². The fourth-order valence-corrected chi connectivity index (χ4v) is 4.61. The Labute approximate surface area is 225 Å². The zero-order valence-electron chi connectivity index (χ0n) is 21.4. The first-order valence-electron chi connectivity index (χ1n) is 12.7. The van der Waals surface area contributed by atoms with Gasteiger partial charge in [-0.15, -0.1) is 11.6 Å². The predicted molar refractivity (Wildman–Crippen MR) is 150 cm³/mol. The molecule has 3 aromatic carbocycles. The van der Waals surface area contributed by atoms with E-state index >= 15 is 0 Å². The Morgan fingerprint density at radius 2 is 1.61 bits per heavy atom. The minimum Gasteiger partial charge on any atom is -0.457 e. The van der Waals surface area contributed by atoms with E-state index in [2.05, 4.69) is 25.7 Å². The largest absolute Gasteiger partial charge is 0.457 e. The highest BCUT2D eigenvalue weighted by atomic mass is 35.5. The summed E-state index contributed by atoms with van der Waals surface area (Å²) >= 11 is 12.7. The van der Waals surface area contributed by atoms with Crippen molar-refractivity contribution in [1.29, 1.82) is 0 Å². The normalized spacial score (nSPS) is 12.8. The van der Waals surface area contributed by atoms with Crippen molar-refractivity contribution in [3.05, 3.63) is 95.0 Å². The maximum Gasteiger partial charge on any atom is 0.245 e. The van der Waals surface area contributed by atoms with Crippen LogP contribution in [0.1, 0.15) is 50.1 Å². The molecule has 6 heteroatoms. The molecule has 3 aromatic rings. The lowest BCUT2D eigenvalue weighted by atomic mass is 10.1. The van der Waals surface area contributed by atoms with Crippen LogP contribution in [0.3, 0.4) is 0 Å². The molecule has 0 spiro atoms. The van der Waals surface area contributed by atoms with Crippen LogP contribution in [0.2, 0.25) is 5.02 Å². The molecule has 1 amide bonds. The molecule has 192 valence electrons. The van der Waals surface area contributed by atoms with Crippen molar-refractivity contribution < 1.29 is 9.53 Å². The topological polar surface area (TPSA) is 32.8 Å². The summed E-state index contributed by atoms with van der Waals surface area (Å²) < 4.78 is 6.02. The Kier molecular flexibility index (Phi) is 11.1. The third-order valence-corrected chi connectivity index (χ3v) is 7.11. The summed E-state index contributed by atoms with van der Waals surface area (Å²) in [5.74, 6) is 1.34. The van der Waals surface area contributed by atoms with E-state index in [0.717, 1.165) is 43.6 Å². The molecule has 0 fully saturated rings. The Balaban J connectivity index is 1.77. The van der Waals surface area contributed by atoms with Gasteiger partial charge in [0.2, 0.25) is 5.91 Å². The second-order valence-electron chi connectivity index (χ2n) is 8.96. The summed E-state index contributed by atoms with van der Waals surface area (Å²) in [5, 5.41) is -0.0702. The fraction of sp³-hybridized carbons (Fsp3) is 0.367. The van der Waals surface area contributed by atoms with Gasteiger partial charge in [-0.25, -0.2) is 0 Å². The number of amides is 1. The van der Waals surface area contributed by atoms with Gasteiger partial charge in [-0.2, -0.15) is 0 Å². The SMILES string of the molecule is CCN(CC)CCCC(C)N(Cc1cccc(Oc2ccc(Cl)cc2)c1)C(=O)C(Cl)c1ccccc1. The predicted octanol–water partition coefficient (Wildman–Crippen LogP) is 7.95. The number of carbonyl (C=O) groups excluding carboxylic acids is 1. The second kappa shape index (κ2) is 14.3. The maximum absolute atomic E-state index is 13.6. The van der Waals surface area contributed by atoms with Crippen molar-refractivity contribution >= 4 is 29.1 Å². The van der Waals surface area contributed by atoms with E-state index < -0.39 is 5.38 Å². The van der Waals surface area contributed by atoms with Gasteiger partial charge in [0, 0.05) is 17.6 Å². The van der Waals surface area contributed by atoms with Crippen molar-refractivity contribution in [3.63, 3.8) is 0 Å². The molecule has 0 saturated heterocycles. The highest BCUT2D eigenvalue weighted by Gasteiger charge is 2.27. The Morgan fingerprint density at radius 3 is 2.28 bits per heavy atom. The third-order valence-electron chi connectivity index (χ3n) is 6.42. The molecule has 0 aliphatic carbocycles. The van der Waals surface area contributed by atoms with Gasteiger partial charge in [0.15, 0.2) is 0 Å². The number of ether oxygens (including phenoxy) is 1. The van der Waals surface area contributed by atoms with Crippen molar-refractivity contribution in [2.24, 2.45) is 0 Å². The van der Waals surface area contributed by atoms with E-state index in [1.165, 1.54) is 0 Å². The van der Waals surface area contributed by atoms with E-state index in [1.54, 1.807) is 12.1 Å². The molecule has 2 atom stereocenters. The fourth-order valence-electron chi connectivity index (χ4n) is 4.21. The Morgan fingerprint density at radius 1 is 0.917 bits per heavy atom. The van der Waals surface area contributed by atoms with Gasteiger partial charge in [0.05, 0.1) is 0 Å². The van der Waals surface area contributed by atoms with Gasteiger partial charge >= 0.3 is 0 Å². The molecule has 2 unspecified atom stereocenters. The molecule has 0 bridgehead atoms. The lowest BCUT2D eigenvalue weighted by molar-refractivity contribution is -0.133. The van der Waals surface area contributed by atoms with E-state index in [4.69, 9.17) is 27.9 Å². The number of alkyl halides is 1. The van der Waals surface area contributed by atoms with Crippen LogP contribution in [0.5, 0.6) is 11.5 Å². The van der Waals surface area contributed by atoms with Crippen LogP contribution in [0, 0.1) is 0 Å². The number of rotatable bonds is 13. The van der Waals surface area contributed by atoms with Gasteiger partial charge < -0.3 is 14.5 Å². The summed E-state index contributed by atoms with van der Waals surface area (Å²) in [4.78, 5) is 18.0. The van der Waals surface area contributed by atoms with Crippen molar-refractivity contribution in [3.8, 4) is 11.5 Å². The molecular weight excluding hydrogens is 491 g/mol. The smallest absolute Gasteiger partial charge is 0.245 e. The first-order valence-corrected chi connectivity index (χ1v) is 13.5. The number of carbonyl (C=O) groups is 1. The minimum atomic E-state index is -0.732. The first-order chi connectivity index (χ1) is 17.4. The number of hydrogen-bond acceptors (Lipinski definition) is 3. The van der Waals surface area contributed by atoms with Crippen LogP contribution in [0.4, 0.5) is 0 Å². The zero-order valence-corrected chi connectivity index (χ0v) is 22.9. The van der Waals surface area contributed by atoms with Crippen LogP contribution < -0.4 is 4.74 Å². The molecule has 36 heavy (non-hydrogen) atoms. The van der Waals surface area contributed by atoms with Crippen LogP contribution >= 0.6 is 23.2 Å². The van der Waals surface area contributed by atoms with E-state index in [0.29, 0.717) is 23.1 Å². The molecule has 0 N–H and O–H groups in total. The molecular formula is C30H36Cl2N2O2. The summed E-state index contributed by atoms with van der Waals surface area (Å²) in [5.41, 5.74) is 1.80. The highest BCUT2D eigenvalue weighted by Crippen LogP contribution is 2.28. The molecule has 0 aliphatic rings. The van der Waals surface area contributed by atoms with Crippen molar-refractivity contribution in [1.82, 2.24) is 9.80 Å². The van der Waals surface area contributed by atoms with Crippen LogP contribution in [-0.2, 0) is 11.3 Å². The van der Waals surface area contributed by atoms with Crippen LogP contribution in [0.15, 0.2) is 78.9 Å². The van der Waals surface area contributed by atoms with Gasteiger partial charge in [-0.1, -0.05) is 67.9 Å². The molecule has 0 aliphatic heterocycles. The first kappa shape index (κ1) is 28.0. The van der Waals surface area contributed by atoms with E-state index in [1.807, 2.05) is 71.6 Å². The third kappa shape index (κ3) is 8.26. The molecule has 0 heterocycles. The lowest BCUT2D eigenvalue weighted by Crippen LogP contribution is -2.40. The molecule has 0 radical (unpaired) electrons. The monoisotopic (exact) mass is 526 g/mol. The Hall–Kier alpha value is -2.53. The number of nitrogens with zero attached hydrogens (tertiary/aromatic N) is 2. The molecule has 4 nitrogen and oxygen atoms in total. The number of halogens is 2. The minimum absolute atomic E-state index is 0.0406. The number of hydrogen-bond donors (Lipinski definition) is 0. The van der Waals surface area contributed by atoms with Gasteiger partial charge in [-0.05, 0) is 86.9 Å². The van der Waals surface area contributed by atoms with E-state index in [-0.39, 0.29) is 11.9 Å². The van der Waals surface area contributed by atoms with Gasteiger partial charge in [-0.3, -0.25) is 4.79 Å². The van der Waals surface area contributed by atoms with Crippen molar-refractivity contribution in [2.45, 2.75) is 51.6 Å². The summed E-state index contributed by atoms with van der Waals surface area (Å²) in [6.45, 7) is 10.0. The zero-order chi connectivity index (χ0) is 25.9. The van der Waals surface area contributed by atoms with Gasteiger partial charge in [0.25, 0.3) is 0 Å². The van der Waals surface area contributed by atoms with Gasteiger partial charge in [0.1, 0.15) is 16.9 Å². The van der Waals surface area contributed by atoms with Crippen molar-refractivity contribution in [2.75, 3.05) is 19.6 Å². The highest BCUT2D eigenvalue weighted by molar-refractivity contribution is 6.31. The summed E-state index contributed by atoms with van der Waals surface area (Å²) in [6.07, 6.45) is 1.92. The maximum atomic E-state index is 13.6. The standard InChI is InChI=1S/C30H36Cl2N2O2/c1-4-33(5-2)20-10-11-23(3)34(30(35)29(32)25-13-7-6-8-14-25)22-24-12-9-15-28(21-24)36-27-18-16-26(31)17-19-27/h6-9,12-19,21,23,29H,4-5,10-11,20,22H2,1-3H3. The lowest BCUT2D eigenvalue weighted by Gasteiger charge is -2.32. The molecule has 3 rings (SSSR count).